The standard InChI is InChI=1S/C24H22O2/c1-3-13-23-19(7-1)9-5-11-21(23)17-25-15-16-26-18-22-12-6-10-20-8-2-4-14-24(20)22/h1-14H,15-18H2. The molecule has 0 heterocycles. The molecule has 0 amide bonds. The molecule has 4 aromatic carbocycles. The predicted molar refractivity (Wildman–Crippen MR) is 107 cm³/mol. The van der Waals surface area contributed by atoms with Crippen molar-refractivity contribution in [1.82, 2.24) is 0 Å². The first-order valence-electron chi connectivity index (χ1n) is 9.00. The molecule has 0 aromatic heterocycles. The lowest BCUT2D eigenvalue weighted by molar-refractivity contribution is 0.0345. The first kappa shape index (κ1) is 16.8. The Hall–Kier alpha value is -2.68. The van der Waals surface area contributed by atoms with E-state index >= 15 is 0 Å². The zero-order valence-electron chi connectivity index (χ0n) is 14.7. The van der Waals surface area contributed by atoms with E-state index < -0.39 is 0 Å². The smallest absolute Gasteiger partial charge is 0.0724 e. The van der Waals surface area contributed by atoms with Gasteiger partial charge >= 0.3 is 0 Å². The SMILES string of the molecule is c1ccc2c(COCCOCc3cccc4ccccc34)cccc2c1. The van der Waals surface area contributed by atoms with E-state index in [-0.39, 0.29) is 0 Å². The summed E-state index contributed by atoms with van der Waals surface area (Å²) in [5.41, 5.74) is 2.44. The molecule has 4 rings (SSSR count). The molecule has 0 aliphatic rings. The van der Waals surface area contributed by atoms with Gasteiger partial charge < -0.3 is 9.47 Å². The normalized spacial score (nSPS) is 11.2. The fourth-order valence-corrected chi connectivity index (χ4v) is 3.32. The molecule has 0 aliphatic heterocycles. The van der Waals surface area contributed by atoms with E-state index in [2.05, 4.69) is 84.9 Å². The lowest BCUT2D eigenvalue weighted by Crippen LogP contribution is -2.05. The van der Waals surface area contributed by atoms with Gasteiger partial charge in [-0.2, -0.15) is 0 Å². The molecule has 0 unspecified atom stereocenters. The van der Waals surface area contributed by atoms with E-state index in [1.165, 1.54) is 32.7 Å². The van der Waals surface area contributed by atoms with Crippen LogP contribution in [0.3, 0.4) is 0 Å². The molecule has 0 radical (unpaired) electrons. The summed E-state index contributed by atoms with van der Waals surface area (Å²) in [6.45, 7) is 2.40. The third-order valence-corrected chi connectivity index (χ3v) is 4.65. The van der Waals surface area contributed by atoms with Crippen molar-refractivity contribution in [3.05, 3.63) is 96.1 Å². The monoisotopic (exact) mass is 342 g/mol. The van der Waals surface area contributed by atoms with Gasteiger partial charge in [0, 0.05) is 0 Å². The van der Waals surface area contributed by atoms with E-state index in [0.29, 0.717) is 26.4 Å². The quantitative estimate of drug-likeness (QED) is 0.400. The summed E-state index contributed by atoms with van der Waals surface area (Å²) in [4.78, 5) is 0. The Labute approximate surface area is 154 Å². The van der Waals surface area contributed by atoms with Crippen molar-refractivity contribution < 1.29 is 9.47 Å². The summed E-state index contributed by atoms with van der Waals surface area (Å²) < 4.78 is 11.7. The van der Waals surface area contributed by atoms with Crippen molar-refractivity contribution in [2.45, 2.75) is 13.2 Å². The Kier molecular flexibility index (Phi) is 5.25. The molecule has 0 bridgehead atoms. The molecular weight excluding hydrogens is 320 g/mol. The molecule has 2 nitrogen and oxygen atoms in total. The van der Waals surface area contributed by atoms with E-state index in [9.17, 15) is 0 Å². The summed E-state index contributed by atoms with van der Waals surface area (Å²) >= 11 is 0. The maximum absolute atomic E-state index is 5.83. The highest BCUT2D eigenvalue weighted by atomic mass is 16.5. The van der Waals surface area contributed by atoms with Crippen LogP contribution in [0.4, 0.5) is 0 Å². The van der Waals surface area contributed by atoms with Crippen molar-refractivity contribution in [1.29, 1.82) is 0 Å². The zero-order valence-corrected chi connectivity index (χ0v) is 14.7. The van der Waals surface area contributed by atoms with Crippen molar-refractivity contribution in [2.24, 2.45) is 0 Å². The first-order chi connectivity index (χ1) is 12.9. The highest BCUT2D eigenvalue weighted by Crippen LogP contribution is 2.20. The largest absolute Gasteiger partial charge is 0.374 e. The fourth-order valence-electron chi connectivity index (χ4n) is 3.32. The Bertz CT molecular complexity index is 913. The van der Waals surface area contributed by atoms with Crippen LogP contribution in [0.2, 0.25) is 0 Å². The second-order valence-electron chi connectivity index (χ2n) is 6.38. The molecule has 0 atom stereocenters. The third-order valence-electron chi connectivity index (χ3n) is 4.65. The summed E-state index contributed by atoms with van der Waals surface area (Å²) in [6, 6.07) is 29.5. The lowest BCUT2D eigenvalue weighted by atomic mass is 10.1. The van der Waals surface area contributed by atoms with Gasteiger partial charge in [0.25, 0.3) is 0 Å². The molecule has 2 heteroatoms. The van der Waals surface area contributed by atoms with Crippen molar-refractivity contribution in [3.63, 3.8) is 0 Å². The average molecular weight is 342 g/mol. The van der Waals surface area contributed by atoms with Gasteiger partial charge in [0.05, 0.1) is 26.4 Å². The Morgan fingerprint density at radius 2 is 0.885 bits per heavy atom. The van der Waals surface area contributed by atoms with Crippen LogP contribution in [-0.2, 0) is 22.7 Å². The van der Waals surface area contributed by atoms with E-state index in [1.807, 2.05) is 0 Å². The van der Waals surface area contributed by atoms with Crippen LogP contribution in [0, 0.1) is 0 Å². The van der Waals surface area contributed by atoms with Crippen LogP contribution in [0.25, 0.3) is 21.5 Å². The van der Waals surface area contributed by atoms with Gasteiger partial charge in [-0.1, -0.05) is 84.9 Å². The molecule has 130 valence electrons. The summed E-state index contributed by atoms with van der Waals surface area (Å²) in [6.07, 6.45) is 0. The molecule has 0 aliphatic carbocycles. The number of rotatable bonds is 7. The molecule has 0 saturated carbocycles. The number of benzene rings is 4. The lowest BCUT2D eigenvalue weighted by Gasteiger charge is -2.10. The van der Waals surface area contributed by atoms with E-state index in [1.54, 1.807) is 0 Å². The number of fused-ring (bicyclic) bond motifs is 2. The summed E-state index contributed by atoms with van der Waals surface area (Å²) in [5.74, 6) is 0. The predicted octanol–water partition coefficient (Wildman–Crippen LogP) is 5.73. The minimum Gasteiger partial charge on any atom is -0.374 e. The molecule has 4 aromatic rings. The van der Waals surface area contributed by atoms with Gasteiger partial charge in [0.15, 0.2) is 0 Å². The van der Waals surface area contributed by atoms with Crippen LogP contribution in [0.5, 0.6) is 0 Å². The minimum atomic E-state index is 0.591. The first-order valence-corrected chi connectivity index (χ1v) is 9.00. The number of hydrogen-bond donors (Lipinski definition) is 0. The van der Waals surface area contributed by atoms with Gasteiger partial charge in [-0.05, 0) is 32.7 Å². The second-order valence-corrected chi connectivity index (χ2v) is 6.38. The molecule has 0 N–H and O–H groups in total. The van der Waals surface area contributed by atoms with Gasteiger partial charge in [-0.15, -0.1) is 0 Å². The van der Waals surface area contributed by atoms with Gasteiger partial charge in [-0.25, -0.2) is 0 Å². The van der Waals surface area contributed by atoms with Crippen molar-refractivity contribution in [3.8, 4) is 0 Å². The topological polar surface area (TPSA) is 18.5 Å². The summed E-state index contributed by atoms with van der Waals surface area (Å²) in [5, 5.41) is 5.01. The molecule has 0 spiro atoms. The van der Waals surface area contributed by atoms with Gasteiger partial charge in [0.2, 0.25) is 0 Å². The molecule has 0 fully saturated rings. The second kappa shape index (κ2) is 8.13. The maximum Gasteiger partial charge on any atom is 0.0724 e. The highest BCUT2D eigenvalue weighted by Gasteiger charge is 2.02. The van der Waals surface area contributed by atoms with Crippen LogP contribution in [-0.4, -0.2) is 13.2 Å². The summed E-state index contributed by atoms with van der Waals surface area (Å²) in [7, 11) is 0. The third kappa shape index (κ3) is 3.77. The van der Waals surface area contributed by atoms with Crippen molar-refractivity contribution >= 4 is 21.5 Å². The van der Waals surface area contributed by atoms with Crippen LogP contribution < -0.4 is 0 Å². The molecular formula is C24H22O2. The van der Waals surface area contributed by atoms with Crippen molar-refractivity contribution in [2.75, 3.05) is 13.2 Å². The molecule has 0 saturated heterocycles. The van der Waals surface area contributed by atoms with Crippen LogP contribution >= 0.6 is 0 Å². The zero-order chi connectivity index (χ0) is 17.6. The highest BCUT2D eigenvalue weighted by molar-refractivity contribution is 5.86. The Morgan fingerprint density at radius 1 is 0.462 bits per heavy atom. The minimum absolute atomic E-state index is 0.591. The average Bonchev–Trinajstić information content (AvgIpc) is 2.71. The van der Waals surface area contributed by atoms with Crippen LogP contribution in [0.1, 0.15) is 11.1 Å². The fraction of sp³-hybridized carbons (Fsp3) is 0.167. The Balaban J connectivity index is 1.28. The number of hydrogen-bond acceptors (Lipinski definition) is 2. The molecule has 26 heavy (non-hydrogen) atoms. The van der Waals surface area contributed by atoms with E-state index in [0.717, 1.165) is 0 Å². The van der Waals surface area contributed by atoms with Crippen LogP contribution in [0.15, 0.2) is 84.9 Å². The van der Waals surface area contributed by atoms with E-state index in [4.69, 9.17) is 9.47 Å². The van der Waals surface area contributed by atoms with Gasteiger partial charge in [-0.3, -0.25) is 0 Å². The Morgan fingerprint density at radius 3 is 1.38 bits per heavy atom. The maximum atomic E-state index is 5.83. The van der Waals surface area contributed by atoms with Gasteiger partial charge in [0.1, 0.15) is 0 Å². The number of ether oxygens (including phenoxy) is 2.